The fourth-order valence-corrected chi connectivity index (χ4v) is 2.72. The molecular formula is C20H22N2O2. The van der Waals surface area contributed by atoms with Gasteiger partial charge in [-0.25, -0.2) is 0 Å². The molecule has 3 rings (SSSR count). The van der Waals surface area contributed by atoms with Gasteiger partial charge >= 0.3 is 0 Å². The second-order valence-corrected chi connectivity index (χ2v) is 5.63. The van der Waals surface area contributed by atoms with E-state index in [1.54, 1.807) is 7.11 Å². The summed E-state index contributed by atoms with van der Waals surface area (Å²) in [6.07, 6.45) is 0. The van der Waals surface area contributed by atoms with Crippen molar-refractivity contribution < 1.29 is 9.84 Å². The number of ether oxygens (including phenoxy) is 1. The minimum absolute atomic E-state index is 0.0371. The van der Waals surface area contributed by atoms with Crippen molar-refractivity contribution in [2.45, 2.75) is 19.7 Å². The molecule has 24 heavy (non-hydrogen) atoms. The van der Waals surface area contributed by atoms with Crippen molar-refractivity contribution in [3.63, 3.8) is 0 Å². The van der Waals surface area contributed by atoms with Crippen LogP contribution >= 0.6 is 0 Å². The number of aliphatic hydroxyl groups is 1. The molecule has 2 N–H and O–H groups in total. The SMILES string of the molecule is COc1ccc(NCc2ccc(CO)n2Cc2ccccc2)cc1. The standard InChI is InChI=1S/C20H22N2O2/c1-24-20-11-7-17(8-12-20)21-13-18-9-10-19(15-23)22(18)14-16-5-3-2-4-6-16/h2-12,21,23H,13-15H2,1H3. The van der Waals surface area contributed by atoms with Crippen LogP contribution in [-0.4, -0.2) is 16.8 Å². The number of hydrogen-bond donors (Lipinski definition) is 2. The van der Waals surface area contributed by atoms with Crippen molar-refractivity contribution in [3.8, 4) is 5.75 Å². The monoisotopic (exact) mass is 322 g/mol. The fourth-order valence-electron chi connectivity index (χ4n) is 2.72. The lowest BCUT2D eigenvalue weighted by atomic mass is 10.2. The minimum atomic E-state index is 0.0371. The Kier molecular flexibility index (Phi) is 5.18. The summed E-state index contributed by atoms with van der Waals surface area (Å²) in [6, 6.07) is 22.2. The molecule has 2 aromatic carbocycles. The second kappa shape index (κ2) is 7.70. The van der Waals surface area contributed by atoms with Gasteiger partial charge in [0.25, 0.3) is 0 Å². The predicted molar refractivity (Wildman–Crippen MR) is 96.2 cm³/mol. The highest BCUT2D eigenvalue weighted by atomic mass is 16.5. The lowest BCUT2D eigenvalue weighted by molar-refractivity contribution is 0.271. The summed E-state index contributed by atoms with van der Waals surface area (Å²) in [7, 11) is 1.66. The van der Waals surface area contributed by atoms with Crippen molar-refractivity contribution in [2.75, 3.05) is 12.4 Å². The van der Waals surface area contributed by atoms with Crippen LogP contribution in [0.3, 0.4) is 0 Å². The topological polar surface area (TPSA) is 46.4 Å². The van der Waals surface area contributed by atoms with Gasteiger partial charge in [-0.3, -0.25) is 0 Å². The Morgan fingerprint density at radius 3 is 2.29 bits per heavy atom. The Bertz CT molecular complexity index is 764. The van der Waals surface area contributed by atoms with E-state index < -0.39 is 0 Å². The van der Waals surface area contributed by atoms with Gasteiger partial charge < -0.3 is 19.7 Å². The minimum Gasteiger partial charge on any atom is -0.497 e. The Labute approximate surface area is 142 Å². The zero-order valence-corrected chi connectivity index (χ0v) is 13.8. The van der Waals surface area contributed by atoms with Crippen LogP contribution in [0.4, 0.5) is 5.69 Å². The third kappa shape index (κ3) is 3.78. The quantitative estimate of drug-likeness (QED) is 0.698. The highest BCUT2D eigenvalue weighted by Crippen LogP contribution is 2.18. The summed E-state index contributed by atoms with van der Waals surface area (Å²) < 4.78 is 7.33. The van der Waals surface area contributed by atoms with Crippen molar-refractivity contribution in [1.29, 1.82) is 0 Å². The van der Waals surface area contributed by atoms with E-state index in [0.717, 1.165) is 29.4 Å². The van der Waals surface area contributed by atoms with E-state index in [-0.39, 0.29) is 6.61 Å². The molecule has 0 bridgehead atoms. The fraction of sp³-hybridized carbons (Fsp3) is 0.200. The van der Waals surface area contributed by atoms with E-state index in [1.165, 1.54) is 5.56 Å². The Morgan fingerprint density at radius 2 is 1.62 bits per heavy atom. The summed E-state index contributed by atoms with van der Waals surface area (Å²) >= 11 is 0. The Hall–Kier alpha value is -2.72. The summed E-state index contributed by atoms with van der Waals surface area (Å²) in [5.41, 5.74) is 4.31. The lowest BCUT2D eigenvalue weighted by Gasteiger charge is -2.14. The number of nitrogens with one attached hydrogen (secondary N) is 1. The molecule has 0 atom stereocenters. The van der Waals surface area contributed by atoms with Crippen molar-refractivity contribution in [3.05, 3.63) is 83.7 Å². The number of aromatic nitrogens is 1. The second-order valence-electron chi connectivity index (χ2n) is 5.63. The highest BCUT2D eigenvalue weighted by Gasteiger charge is 2.08. The van der Waals surface area contributed by atoms with E-state index >= 15 is 0 Å². The van der Waals surface area contributed by atoms with Crippen LogP contribution in [0.5, 0.6) is 5.75 Å². The molecule has 0 aliphatic carbocycles. The van der Waals surface area contributed by atoms with E-state index in [4.69, 9.17) is 4.74 Å². The summed E-state index contributed by atoms with van der Waals surface area (Å²) in [6.45, 7) is 1.48. The lowest BCUT2D eigenvalue weighted by Crippen LogP contribution is -2.11. The van der Waals surface area contributed by atoms with Gasteiger partial charge in [-0.05, 0) is 42.0 Å². The van der Waals surface area contributed by atoms with Gasteiger partial charge in [-0.1, -0.05) is 30.3 Å². The summed E-state index contributed by atoms with van der Waals surface area (Å²) in [5.74, 6) is 0.843. The van der Waals surface area contributed by atoms with Crippen LogP contribution in [0.2, 0.25) is 0 Å². The van der Waals surface area contributed by atoms with E-state index in [1.807, 2.05) is 48.5 Å². The molecule has 0 saturated carbocycles. The van der Waals surface area contributed by atoms with Gasteiger partial charge in [0.1, 0.15) is 5.75 Å². The molecule has 0 fully saturated rings. The number of rotatable bonds is 7. The molecular weight excluding hydrogens is 300 g/mol. The van der Waals surface area contributed by atoms with Gasteiger partial charge in [0.2, 0.25) is 0 Å². The van der Waals surface area contributed by atoms with E-state index in [0.29, 0.717) is 6.54 Å². The number of hydrogen-bond acceptors (Lipinski definition) is 3. The maximum Gasteiger partial charge on any atom is 0.119 e. The maximum atomic E-state index is 9.60. The van der Waals surface area contributed by atoms with Gasteiger partial charge in [0.15, 0.2) is 0 Å². The maximum absolute atomic E-state index is 9.60. The van der Waals surface area contributed by atoms with Crippen molar-refractivity contribution >= 4 is 5.69 Å². The first-order valence-electron chi connectivity index (χ1n) is 8.00. The highest BCUT2D eigenvalue weighted by molar-refractivity contribution is 5.46. The molecule has 1 aromatic heterocycles. The molecule has 0 unspecified atom stereocenters. The first-order valence-corrected chi connectivity index (χ1v) is 8.00. The van der Waals surface area contributed by atoms with Gasteiger partial charge in [0.05, 0.1) is 20.3 Å². The molecule has 1 heterocycles. The van der Waals surface area contributed by atoms with Gasteiger partial charge in [-0.2, -0.15) is 0 Å². The van der Waals surface area contributed by atoms with Crippen LogP contribution in [0.25, 0.3) is 0 Å². The number of benzene rings is 2. The molecule has 0 saturated heterocycles. The van der Waals surface area contributed by atoms with Crippen LogP contribution in [0.15, 0.2) is 66.7 Å². The van der Waals surface area contributed by atoms with E-state index in [9.17, 15) is 5.11 Å². The number of anilines is 1. The number of nitrogens with zero attached hydrogens (tertiary/aromatic N) is 1. The molecule has 0 amide bonds. The van der Waals surface area contributed by atoms with Crippen molar-refractivity contribution in [2.24, 2.45) is 0 Å². The zero-order valence-electron chi connectivity index (χ0n) is 13.8. The molecule has 4 nitrogen and oxygen atoms in total. The van der Waals surface area contributed by atoms with Crippen LogP contribution in [0, 0.1) is 0 Å². The smallest absolute Gasteiger partial charge is 0.119 e. The van der Waals surface area contributed by atoms with Crippen LogP contribution in [0.1, 0.15) is 17.0 Å². The van der Waals surface area contributed by atoms with Crippen molar-refractivity contribution in [1.82, 2.24) is 4.57 Å². The Morgan fingerprint density at radius 1 is 0.917 bits per heavy atom. The summed E-state index contributed by atoms with van der Waals surface area (Å²) in [5, 5.41) is 13.0. The van der Waals surface area contributed by atoms with E-state index in [2.05, 4.69) is 28.1 Å². The first-order chi connectivity index (χ1) is 11.8. The molecule has 4 heteroatoms. The third-order valence-electron chi connectivity index (χ3n) is 4.07. The number of methoxy groups -OCH3 is 1. The molecule has 3 aromatic rings. The molecule has 124 valence electrons. The molecule has 0 aliphatic heterocycles. The average Bonchev–Trinajstić information content (AvgIpc) is 3.03. The van der Waals surface area contributed by atoms with Crippen LogP contribution < -0.4 is 10.1 Å². The van der Waals surface area contributed by atoms with Gasteiger partial charge in [0, 0.05) is 23.6 Å². The van der Waals surface area contributed by atoms with Crippen LogP contribution in [-0.2, 0) is 19.7 Å². The first kappa shape index (κ1) is 16.1. The molecule has 0 aliphatic rings. The van der Waals surface area contributed by atoms with Gasteiger partial charge in [-0.15, -0.1) is 0 Å². The average molecular weight is 322 g/mol. The molecule has 0 radical (unpaired) electrons. The summed E-state index contributed by atoms with van der Waals surface area (Å²) in [4.78, 5) is 0. The predicted octanol–water partition coefficient (Wildman–Crippen LogP) is 3.65. The third-order valence-corrected chi connectivity index (χ3v) is 4.07. The zero-order chi connectivity index (χ0) is 16.8. The molecule has 0 spiro atoms. The Balaban J connectivity index is 1.74. The number of aliphatic hydroxyl groups excluding tert-OH is 1. The largest absolute Gasteiger partial charge is 0.497 e. The normalized spacial score (nSPS) is 10.6.